The summed E-state index contributed by atoms with van der Waals surface area (Å²) >= 11 is 0. The van der Waals surface area contributed by atoms with Crippen LogP contribution < -0.4 is 19.5 Å². The van der Waals surface area contributed by atoms with Crippen LogP contribution in [0.5, 0.6) is 17.2 Å². The Hall–Kier alpha value is -3.09. The van der Waals surface area contributed by atoms with Crippen LogP contribution >= 0.6 is 0 Å². The van der Waals surface area contributed by atoms with Crippen molar-refractivity contribution in [1.29, 1.82) is 0 Å². The third-order valence-electron chi connectivity index (χ3n) is 3.44. The molecule has 0 heterocycles. The third-order valence-corrected chi connectivity index (χ3v) is 3.44. The quantitative estimate of drug-likeness (QED) is 0.747. The first-order valence-electron chi connectivity index (χ1n) is 7.69. The van der Waals surface area contributed by atoms with Crippen LogP contribution in [0, 0.1) is 6.92 Å². The van der Waals surface area contributed by atoms with Crippen molar-refractivity contribution in [2.45, 2.75) is 13.5 Å². The minimum absolute atomic E-state index is 0.0754. The van der Waals surface area contributed by atoms with E-state index in [4.69, 9.17) is 9.47 Å². The number of rotatable bonds is 7. The predicted molar refractivity (Wildman–Crippen MR) is 95.0 cm³/mol. The summed E-state index contributed by atoms with van der Waals surface area (Å²) in [4.78, 5) is 12.1. The Kier molecular flexibility index (Phi) is 6.54. The molecular weight excluding hydrogens is 344 g/mol. The van der Waals surface area contributed by atoms with Gasteiger partial charge in [0, 0.05) is 6.08 Å². The highest BCUT2D eigenvalue weighted by Gasteiger charge is 2.10. The van der Waals surface area contributed by atoms with Crippen LogP contribution in [-0.2, 0) is 4.79 Å². The van der Waals surface area contributed by atoms with Crippen molar-refractivity contribution in [2.24, 2.45) is 0 Å². The van der Waals surface area contributed by atoms with Gasteiger partial charge in [0.05, 0.1) is 19.9 Å². The maximum atomic E-state index is 12.3. The topological polar surface area (TPSA) is 56.8 Å². The highest BCUT2D eigenvalue weighted by atomic mass is 19.3. The summed E-state index contributed by atoms with van der Waals surface area (Å²) in [6.07, 6.45) is 2.86. The van der Waals surface area contributed by atoms with E-state index in [1.807, 2.05) is 13.0 Å². The number of halogens is 2. The van der Waals surface area contributed by atoms with Gasteiger partial charge in [-0.05, 0) is 48.4 Å². The van der Waals surface area contributed by atoms with E-state index in [1.54, 1.807) is 12.1 Å². The molecule has 0 aromatic heterocycles. The van der Waals surface area contributed by atoms with Crippen LogP contribution in [0.3, 0.4) is 0 Å². The van der Waals surface area contributed by atoms with E-state index in [0.717, 1.165) is 5.56 Å². The molecular formula is C19H19F2NO4. The number of aryl methyl sites for hydroxylation is 1. The molecule has 1 amide bonds. The van der Waals surface area contributed by atoms with E-state index in [0.29, 0.717) is 17.0 Å². The van der Waals surface area contributed by atoms with Gasteiger partial charge in [0.2, 0.25) is 5.91 Å². The van der Waals surface area contributed by atoms with Crippen LogP contribution in [0.25, 0.3) is 6.08 Å². The van der Waals surface area contributed by atoms with E-state index >= 15 is 0 Å². The Balaban J connectivity index is 2.12. The number of amides is 1. The Morgan fingerprint density at radius 3 is 2.38 bits per heavy atom. The molecule has 0 aliphatic heterocycles. The third kappa shape index (κ3) is 5.20. The lowest BCUT2D eigenvalue weighted by molar-refractivity contribution is -0.111. The van der Waals surface area contributed by atoms with Gasteiger partial charge in [0.15, 0.2) is 11.5 Å². The Bertz CT molecular complexity index is 806. The summed E-state index contributed by atoms with van der Waals surface area (Å²) in [5.41, 5.74) is 2.12. The zero-order valence-corrected chi connectivity index (χ0v) is 14.6. The van der Waals surface area contributed by atoms with Crippen LogP contribution in [-0.4, -0.2) is 26.7 Å². The minimum Gasteiger partial charge on any atom is -0.495 e. The first-order chi connectivity index (χ1) is 12.4. The second-order valence-corrected chi connectivity index (χ2v) is 5.32. The van der Waals surface area contributed by atoms with Crippen LogP contribution in [0.4, 0.5) is 14.5 Å². The molecule has 0 atom stereocenters. The number of alkyl halides is 2. The number of ether oxygens (including phenoxy) is 3. The van der Waals surface area contributed by atoms with E-state index in [1.165, 1.54) is 44.6 Å². The zero-order valence-electron chi connectivity index (χ0n) is 14.6. The summed E-state index contributed by atoms with van der Waals surface area (Å²) in [6, 6.07) is 9.82. The summed E-state index contributed by atoms with van der Waals surface area (Å²) in [5, 5.41) is 2.73. The van der Waals surface area contributed by atoms with Gasteiger partial charge in [-0.2, -0.15) is 8.78 Å². The average Bonchev–Trinajstić information content (AvgIpc) is 2.60. The number of carbonyl (C=O) groups excluding carboxylic acids is 1. The highest BCUT2D eigenvalue weighted by Crippen LogP contribution is 2.30. The highest BCUT2D eigenvalue weighted by molar-refractivity contribution is 6.02. The lowest BCUT2D eigenvalue weighted by atomic mass is 10.1. The second kappa shape index (κ2) is 8.84. The number of nitrogens with one attached hydrogen (secondary N) is 1. The summed E-state index contributed by atoms with van der Waals surface area (Å²) < 4.78 is 39.3. The molecule has 0 bridgehead atoms. The van der Waals surface area contributed by atoms with Crippen molar-refractivity contribution in [3.8, 4) is 17.2 Å². The Morgan fingerprint density at radius 2 is 1.73 bits per heavy atom. The summed E-state index contributed by atoms with van der Waals surface area (Å²) in [6.45, 7) is -1.04. The molecule has 0 aliphatic carbocycles. The normalized spacial score (nSPS) is 10.8. The van der Waals surface area contributed by atoms with Gasteiger partial charge < -0.3 is 19.5 Å². The van der Waals surface area contributed by atoms with Crippen molar-refractivity contribution in [3.05, 3.63) is 53.6 Å². The van der Waals surface area contributed by atoms with Gasteiger partial charge in [-0.15, -0.1) is 0 Å². The maximum absolute atomic E-state index is 12.3. The van der Waals surface area contributed by atoms with Gasteiger partial charge >= 0.3 is 6.61 Å². The van der Waals surface area contributed by atoms with Crippen LogP contribution in [0.2, 0.25) is 0 Å². The van der Waals surface area contributed by atoms with Crippen LogP contribution in [0.15, 0.2) is 42.5 Å². The fraction of sp³-hybridized carbons (Fsp3) is 0.211. The molecule has 5 nitrogen and oxygen atoms in total. The smallest absolute Gasteiger partial charge is 0.387 e. The van der Waals surface area contributed by atoms with Gasteiger partial charge in [-0.3, -0.25) is 4.79 Å². The van der Waals surface area contributed by atoms with Crippen molar-refractivity contribution in [3.63, 3.8) is 0 Å². The lowest BCUT2D eigenvalue weighted by Gasteiger charge is -2.10. The SMILES string of the molecule is COc1ccc(C)cc1NC(=O)/C=C/c1ccc(OC(F)F)c(OC)c1. The minimum atomic E-state index is -2.94. The van der Waals surface area contributed by atoms with Crippen molar-refractivity contribution in [2.75, 3.05) is 19.5 Å². The Morgan fingerprint density at radius 1 is 1.04 bits per heavy atom. The van der Waals surface area contributed by atoms with Crippen molar-refractivity contribution >= 4 is 17.7 Å². The number of methoxy groups -OCH3 is 2. The van der Waals surface area contributed by atoms with Gasteiger partial charge in [0.25, 0.3) is 0 Å². The Labute approximate surface area is 150 Å². The van der Waals surface area contributed by atoms with E-state index < -0.39 is 6.61 Å². The first kappa shape index (κ1) is 19.2. The standard InChI is InChI=1S/C19H19F2NO4/c1-12-4-7-15(24-2)14(10-12)22-18(23)9-6-13-5-8-16(26-19(20)21)17(11-13)25-3/h4-11,19H,1-3H3,(H,22,23)/b9-6+. The van der Waals surface area contributed by atoms with E-state index in [9.17, 15) is 13.6 Å². The number of carbonyl (C=O) groups is 1. The predicted octanol–water partition coefficient (Wildman–Crippen LogP) is 4.27. The van der Waals surface area contributed by atoms with Gasteiger partial charge in [-0.25, -0.2) is 0 Å². The second-order valence-electron chi connectivity index (χ2n) is 5.32. The molecule has 0 unspecified atom stereocenters. The summed E-state index contributed by atoms with van der Waals surface area (Å²) in [5.74, 6) is 0.259. The molecule has 0 aliphatic rings. The monoisotopic (exact) mass is 363 g/mol. The molecule has 2 rings (SSSR count). The largest absolute Gasteiger partial charge is 0.495 e. The molecule has 0 radical (unpaired) electrons. The molecule has 1 N–H and O–H groups in total. The van der Waals surface area contributed by atoms with E-state index in [-0.39, 0.29) is 17.4 Å². The number of anilines is 1. The first-order valence-corrected chi connectivity index (χ1v) is 7.69. The number of hydrogen-bond acceptors (Lipinski definition) is 4. The van der Waals surface area contributed by atoms with Crippen molar-refractivity contribution < 1.29 is 27.8 Å². The van der Waals surface area contributed by atoms with Gasteiger partial charge in [0.1, 0.15) is 5.75 Å². The fourth-order valence-electron chi connectivity index (χ4n) is 2.25. The zero-order chi connectivity index (χ0) is 19.1. The van der Waals surface area contributed by atoms with Crippen LogP contribution in [0.1, 0.15) is 11.1 Å². The molecule has 2 aromatic rings. The molecule has 7 heteroatoms. The number of hydrogen-bond donors (Lipinski definition) is 1. The maximum Gasteiger partial charge on any atom is 0.387 e. The van der Waals surface area contributed by atoms with Crippen molar-refractivity contribution in [1.82, 2.24) is 0 Å². The molecule has 26 heavy (non-hydrogen) atoms. The van der Waals surface area contributed by atoms with E-state index in [2.05, 4.69) is 10.1 Å². The molecule has 0 saturated carbocycles. The molecule has 0 fully saturated rings. The molecule has 0 spiro atoms. The lowest BCUT2D eigenvalue weighted by Crippen LogP contribution is -2.09. The van der Waals surface area contributed by atoms with Gasteiger partial charge in [-0.1, -0.05) is 12.1 Å². The molecule has 2 aromatic carbocycles. The summed E-state index contributed by atoms with van der Waals surface area (Å²) in [7, 11) is 2.86. The number of benzene rings is 2. The average molecular weight is 363 g/mol. The fourth-order valence-corrected chi connectivity index (χ4v) is 2.25. The molecule has 0 saturated heterocycles. The molecule has 138 valence electrons.